The fourth-order valence-corrected chi connectivity index (χ4v) is 9.39. The molecule has 1 saturated heterocycles. The minimum Gasteiger partial charge on any atom is -0.342 e. The average molecular weight is 503 g/mol. The number of fused-ring (bicyclic) bond motifs is 2. The number of hydrogen-bond acceptors (Lipinski definition) is 7. The van der Waals surface area contributed by atoms with Crippen LogP contribution in [0.3, 0.4) is 0 Å². The van der Waals surface area contributed by atoms with Crippen molar-refractivity contribution in [2.24, 2.45) is 16.7 Å². The summed E-state index contributed by atoms with van der Waals surface area (Å²) in [6.45, 7) is 9.69. The fourth-order valence-electron chi connectivity index (χ4n) is 6.29. The number of sulfonamides is 1. The number of piperazine rings is 1. The lowest BCUT2D eigenvalue weighted by Crippen LogP contribution is -2.56. The van der Waals surface area contributed by atoms with Crippen LogP contribution in [0, 0.1) is 23.7 Å². The minimum absolute atomic E-state index is 0.00943. The van der Waals surface area contributed by atoms with Gasteiger partial charge in [-0.25, -0.2) is 13.4 Å². The van der Waals surface area contributed by atoms with E-state index in [1.807, 2.05) is 6.92 Å². The van der Waals surface area contributed by atoms with Crippen LogP contribution in [0.5, 0.6) is 0 Å². The third kappa shape index (κ3) is 3.89. The largest absolute Gasteiger partial charge is 0.342 e. The number of anilines is 1. The number of aryl methyl sites for hydroxylation is 1. The number of aromatic nitrogens is 2. The zero-order chi connectivity index (χ0) is 24.3. The highest BCUT2D eigenvalue weighted by molar-refractivity contribution is 7.89. The van der Waals surface area contributed by atoms with Crippen LogP contribution < -0.4 is 4.90 Å². The minimum atomic E-state index is -3.54. The predicted molar refractivity (Wildman–Crippen MR) is 135 cm³/mol. The number of carbonyl (C=O) groups excluding carboxylic acids is 1. The summed E-state index contributed by atoms with van der Waals surface area (Å²) in [5.74, 6) is 1.22. The van der Waals surface area contributed by atoms with Crippen molar-refractivity contribution in [1.29, 1.82) is 0 Å². The number of benzene rings is 1. The zero-order valence-electron chi connectivity index (χ0n) is 20.5. The Kier molecular flexibility index (Phi) is 5.89. The monoisotopic (exact) mass is 502 g/mol. The molecule has 1 aromatic carbocycles. The topological polar surface area (TPSA) is 83.5 Å². The Morgan fingerprint density at radius 3 is 2.53 bits per heavy atom. The van der Waals surface area contributed by atoms with Gasteiger partial charge in [-0.05, 0) is 43.6 Å². The van der Waals surface area contributed by atoms with Gasteiger partial charge in [0.05, 0.1) is 5.75 Å². The van der Waals surface area contributed by atoms with Crippen molar-refractivity contribution in [3.8, 4) is 0 Å². The second-order valence-electron chi connectivity index (χ2n) is 11.0. The van der Waals surface area contributed by atoms with Gasteiger partial charge in [-0.3, -0.25) is 4.79 Å². The van der Waals surface area contributed by atoms with Gasteiger partial charge in [-0.15, -0.1) is 0 Å². The third-order valence-electron chi connectivity index (χ3n) is 8.74. The number of rotatable bonds is 6. The summed E-state index contributed by atoms with van der Waals surface area (Å²) in [6, 6.07) is 8.38. The third-order valence-corrected chi connectivity index (χ3v) is 11.5. The van der Waals surface area contributed by atoms with E-state index in [1.165, 1.54) is 22.7 Å². The molecule has 2 saturated carbocycles. The summed E-state index contributed by atoms with van der Waals surface area (Å²) in [6.07, 6.45) is 2.88. The van der Waals surface area contributed by atoms with Crippen molar-refractivity contribution in [2.45, 2.75) is 59.4 Å². The molecule has 2 bridgehead atoms. The summed E-state index contributed by atoms with van der Waals surface area (Å²) < 4.78 is 33.2. The molecule has 5 rings (SSSR count). The number of hydrogen-bond donors (Lipinski definition) is 0. The average Bonchev–Trinajstić information content (AvgIpc) is 3.38. The van der Waals surface area contributed by atoms with Crippen molar-refractivity contribution in [3.05, 3.63) is 41.2 Å². The standard InChI is InChI=1S/C25H34N4O3S2/c1-17-5-7-19(8-6-17)13-22-26-23(33-27-22)29-12-11-28(15-18(29)2)34(31,32)16-25-10-9-20(14-21(25)30)24(25,3)4/h5-8,18,20H,9-16H2,1-4H3. The lowest BCUT2D eigenvalue weighted by atomic mass is 9.70. The van der Waals surface area contributed by atoms with Crippen LogP contribution in [0.2, 0.25) is 0 Å². The Labute approximate surface area is 206 Å². The fraction of sp³-hybridized carbons (Fsp3) is 0.640. The van der Waals surface area contributed by atoms with E-state index in [1.54, 1.807) is 4.31 Å². The molecule has 3 unspecified atom stereocenters. The molecule has 2 aliphatic carbocycles. The molecule has 0 amide bonds. The zero-order valence-corrected chi connectivity index (χ0v) is 22.1. The molecule has 1 aromatic heterocycles. The Morgan fingerprint density at radius 1 is 1.18 bits per heavy atom. The summed E-state index contributed by atoms with van der Waals surface area (Å²) in [5.41, 5.74) is 1.44. The number of Topliss-reactive ketones (excluding diaryl/α,β-unsaturated/α-hetero) is 1. The maximum atomic E-state index is 13.5. The van der Waals surface area contributed by atoms with Crippen molar-refractivity contribution < 1.29 is 13.2 Å². The van der Waals surface area contributed by atoms with Gasteiger partial charge in [-0.1, -0.05) is 43.7 Å². The SMILES string of the molecule is Cc1ccc(Cc2nsc(N3CCN(S(=O)(=O)CC45CCC(CC4=O)C5(C)C)CC3C)n2)cc1. The number of nitrogens with zero attached hydrogens (tertiary/aromatic N) is 4. The van der Waals surface area contributed by atoms with Crippen LogP contribution >= 0.6 is 11.5 Å². The van der Waals surface area contributed by atoms with Crippen molar-refractivity contribution in [3.63, 3.8) is 0 Å². The molecular formula is C25H34N4O3S2. The number of carbonyl (C=O) groups is 1. The smallest absolute Gasteiger partial charge is 0.215 e. The van der Waals surface area contributed by atoms with Gasteiger partial charge in [0, 0.05) is 55.5 Å². The second-order valence-corrected chi connectivity index (χ2v) is 13.7. The highest BCUT2D eigenvalue weighted by Crippen LogP contribution is 2.64. The summed E-state index contributed by atoms with van der Waals surface area (Å²) in [7, 11) is -3.54. The summed E-state index contributed by atoms with van der Waals surface area (Å²) in [4.78, 5) is 19.8. The van der Waals surface area contributed by atoms with Crippen LogP contribution in [0.1, 0.15) is 57.0 Å². The van der Waals surface area contributed by atoms with Gasteiger partial charge >= 0.3 is 0 Å². The molecule has 2 aromatic rings. The molecule has 3 fully saturated rings. The molecule has 0 spiro atoms. The van der Waals surface area contributed by atoms with E-state index in [4.69, 9.17) is 4.98 Å². The molecule has 9 heteroatoms. The summed E-state index contributed by atoms with van der Waals surface area (Å²) in [5, 5.41) is 0.844. The molecule has 2 heterocycles. The molecule has 3 aliphatic rings. The van der Waals surface area contributed by atoms with Crippen LogP contribution in [0.25, 0.3) is 0 Å². The molecular weight excluding hydrogens is 468 g/mol. The highest BCUT2D eigenvalue weighted by Gasteiger charge is 2.65. The van der Waals surface area contributed by atoms with Gasteiger partial charge in [0.2, 0.25) is 15.2 Å². The van der Waals surface area contributed by atoms with Crippen LogP contribution in [-0.2, 0) is 21.2 Å². The molecule has 3 atom stereocenters. The molecule has 7 nitrogen and oxygen atoms in total. The first kappa shape index (κ1) is 23.9. The Bertz CT molecular complexity index is 1190. The van der Waals surface area contributed by atoms with Gasteiger partial charge in [0.1, 0.15) is 11.6 Å². The van der Waals surface area contributed by atoms with E-state index >= 15 is 0 Å². The molecule has 1 aliphatic heterocycles. The maximum absolute atomic E-state index is 13.5. The lowest BCUT2D eigenvalue weighted by molar-refractivity contribution is -0.128. The normalized spacial score (nSPS) is 29.2. The molecule has 0 N–H and O–H groups in total. The maximum Gasteiger partial charge on any atom is 0.215 e. The van der Waals surface area contributed by atoms with Crippen LogP contribution in [0.15, 0.2) is 24.3 Å². The first-order valence-corrected chi connectivity index (χ1v) is 14.6. The van der Waals surface area contributed by atoms with E-state index < -0.39 is 15.4 Å². The van der Waals surface area contributed by atoms with Gasteiger partial charge in [-0.2, -0.15) is 8.68 Å². The van der Waals surface area contributed by atoms with Crippen molar-refractivity contribution >= 4 is 32.5 Å². The Morgan fingerprint density at radius 2 is 1.91 bits per heavy atom. The van der Waals surface area contributed by atoms with Gasteiger partial charge < -0.3 is 4.90 Å². The van der Waals surface area contributed by atoms with Crippen molar-refractivity contribution in [1.82, 2.24) is 13.7 Å². The predicted octanol–water partition coefficient (Wildman–Crippen LogP) is 3.67. The van der Waals surface area contributed by atoms with E-state index in [9.17, 15) is 13.2 Å². The quantitative estimate of drug-likeness (QED) is 0.599. The van der Waals surface area contributed by atoms with Gasteiger partial charge in [0.15, 0.2) is 0 Å². The van der Waals surface area contributed by atoms with E-state index in [-0.39, 0.29) is 23.0 Å². The summed E-state index contributed by atoms with van der Waals surface area (Å²) >= 11 is 1.38. The number of ketones is 1. The van der Waals surface area contributed by atoms with Crippen LogP contribution in [0.4, 0.5) is 5.13 Å². The molecule has 34 heavy (non-hydrogen) atoms. The highest BCUT2D eigenvalue weighted by atomic mass is 32.2. The molecule has 0 radical (unpaired) electrons. The first-order chi connectivity index (χ1) is 16.0. The first-order valence-electron chi connectivity index (χ1n) is 12.2. The lowest BCUT2D eigenvalue weighted by Gasteiger charge is -2.42. The molecule has 184 valence electrons. The van der Waals surface area contributed by atoms with E-state index in [2.05, 4.69) is 54.3 Å². The van der Waals surface area contributed by atoms with Gasteiger partial charge in [0.25, 0.3) is 0 Å². The van der Waals surface area contributed by atoms with E-state index in [0.29, 0.717) is 44.8 Å². The Hall–Kier alpha value is -1.84. The Balaban J connectivity index is 1.26. The van der Waals surface area contributed by atoms with Crippen molar-refractivity contribution in [2.75, 3.05) is 30.3 Å². The van der Waals surface area contributed by atoms with Crippen LogP contribution in [-0.4, -0.2) is 59.3 Å². The second kappa shape index (κ2) is 8.38. The van der Waals surface area contributed by atoms with E-state index in [0.717, 1.165) is 17.4 Å².